The largest absolute Gasteiger partial charge is 0.491 e. The highest BCUT2D eigenvalue weighted by Gasteiger charge is 2.31. The molecule has 1 aromatic heterocycles. The summed E-state index contributed by atoms with van der Waals surface area (Å²) < 4.78 is 70.6. The lowest BCUT2D eigenvalue weighted by atomic mass is 10.2. The number of ether oxygens (including phenoxy) is 1. The molecule has 1 N–H and O–H groups in total. The van der Waals surface area contributed by atoms with Crippen LogP contribution in [0.25, 0.3) is 10.9 Å². The summed E-state index contributed by atoms with van der Waals surface area (Å²) in [6.07, 6.45) is -2.62. The Morgan fingerprint density at radius 3 is 2.57 bits per heavy atom. The van der Waals surface area contributed by atoms with Crippen molar-refractivity contribution in [3.63, 3.8) is 0 Å². The number of fused-ring (bicyclic) bond motifs is 1. The molecule has 0 radical (unpaired) electrons. The molecule has 0 aliphatic carbocycles. The highest BCUT2D eigenvalue weighted by Crippen LogP contribution is 2.30. The van der Waals surface area contributed by atoms with Crippen LogP contribution in [-0.4, -0.2) is 26.6 Å². The second-order valence-corrected chi connectivity index (χ2v) is 7.72. The van der Waals surface area contributed by atoms with Crippen LogP contribution in [0.5, 0.6) is 5.75 Å². The smallest absolute Gasteiger partial charge is 0.416 e. The van der Waals surface area contributed by atoms with Gasteiger partial charge in [-0.05, 0) is 36.8 Å². The number of hydrogen-bond donors (Lipinski definition) is 1. The standard InChI is InChI=1S/C19H17F3N2O3S/c20-19(21,22)15-7-2-8-16(13-15)28(25,26)24-11-4-12-27-17-9-1-5-14-6-3-10-23-18(14)17/h1-3,5-10,13,24H,4,11-12H2. The molecule has 0 spiro atoms. The molecular formula is C19H17F3N2O3S. The van der Waals surface area contributed by atoms with E-state index in [4.69, 9.17) is 4.74 Å². The Bertz CT molecular complexity index is 1060. The van der Waals surface area contributed by atoms with Crippen molar-refractivity contribution in [1.82, 2.24) is 9.71 Å². The lowest BCUT2D eigenvalue weighted by molar-refractivity contribution is -0.137. The maximum Gasteiger partial charge on any atom is 0.416 e. The van der Waals surface area contributed by atoms with E-state index in [1.54, 1.807) is 12.3 Å². The van der Waals surface area contributed by atoms with Crippen LogP contribution in [0.15, 0.2) is 65.7 Å². The maximum atomic E-state index is 12.7. The average molecular weight is 410 g/mol. The first-order chi connectivity index (χ1) is 13.3. The molecule has 0 saturated carbocycles. The van der Waals surface area contributed by atoms with Crippen LogP contribution in [0.1, 0.15) is 12.0 Å². The zero-order valence-electron chi connectivity index (χ0n) is 14.6. The monoisotopic (exact) mass is 410 g/mol. The van der Waals surface area contributed by atoms with Gasteiger partial charge in [0.15, 0.2) is 0 Å². The summed E-state index contributed by atoms with van der Waals surface area (Å²) in [4.78, 5) is 3.83. The highest BCUT2D eigenvalue weighted by atomic mass is 32.2. The van der Waals surface area contributed by atoms with E-state index in [2.05, 4.69) is 9.71 Å². The molecule has 0 amide bonds. The maximum absolute atomic E-state index is 12.7. The first kappa shape index (κ1) is 20.1. The Morgan fingerprint density at radius 1 is 1.04 bits per heavy atom. The van der Waals surface area contributed by atoms with Crippen LogP contribution in [0.4, 0.5) is 13.2 Å². The molecule has 3 aromatic rings. The number of hydrogen-bond acceptors (Lipinski definition) is 4. The van der Waals surface area contributed by atoms with E-state index < -0.39 is 26.7 Å². The van der Waals surface area contributed by atoms with Gasteiger partial charge in [0.2, 0.25) is 10.0 Å². The number of aromatic nitrogens is 1. The zero-order chi connectivity index (χ0) is 20.2. The number of nitrogens with one attached hydrogen (secondary N) is 1. The number of pyridine rings is 1. The Kier molecular flexibility index (Phi) is 5.85. The summed E-state index contributed by atoms with van der Waals surface area (Å²) in [6, 6.07) is 12.8. The molecule has 5 nitrogen and oxygen atoms in total. The van der Waals surface area contributed by atoms with Crippen molar-refractivity contribution in [3.8, 4) is 5.75 Å². The summed E-state index contributed by atoms with van der Waals surface area (Å²) >= 11 is 0. The van der Waals surface area contributed by atoms with Crippen LogP contribution in [-0.2, 0) is 16.2 Å². The van der Waals surface area contributed by atoms with Crippen LogP contribution >= 0.6 is 0 Å². The van der Waals surface area contributed by atoms with Gasteiger partial charge in [-0.2, -0.15) is 13.2 Å². The first-order valence-corrected chi connectivity index (χ1v) is 9.89. The predicted octanol–water partition coefficient (Wildman–Crippen LogP) is 4.00. The van der Waals surface area contributed by atoms with E-state index in [9.17, 15) is 21.6 Å². The fraction of sp³-hybridized carbons (Fsp3) is 0.211. The fourth-order valence-electron chi connectivity index (χ4n) is 2.58. The number of sulfonamides is 1. The van der Waals surface area contributed by atoms with Crippen molar-refractivity contribution < 1.29 is 26.3 Å². The molecule has 9 heteroatoms. The van der Waals surface area contributed by atoms with Crippen molar-refractivity contribution in [1.29, 1.82) is 0 Å². The summed E-state index contributed by atoms with van der Waals surface area (Å²) in [6.45, 7) is 0.248. The van der Waals surface area contributed by atoms with E-state index in [1.807, 2.05) is 24.3 Å². The molecule has 148 valence electrons. The van der Waals surface area contributed by atoms with Crippen LogP contribution < -0.4 is 9.46 Å². The SMILES string of the molecule is O=S(=O)(NCCCOc1cccc2cccnc12)c1cccc(C(F)(F)F)c1. The van der Waals surface area contributed by atoms with E-state index in [-0.39, 0.29) is 13.2 Å². The molecule has 28 heavy (non-hydrogen) atoms. The molecule has 0 saturated heterocycles. The zero-order valence-corrected chi connectivity index (χ0v) is 15.4. The van der Waals surface area contributed by atoms with Crippen molar-refractivity contribution in [2.45, 2.75) is 17.5 Å². The fourth-order valence-corrected chi connectivity index (χ4v) is 3.70. The van der Waals surface area contributed by atoms with Gasteiger partial charge in [0, 0.05) is 18.1 Å². The molecule has 2 aromatic carbocycles. The van der Waals surface area contributed by atoms with Crippen molar-refractivity contribution >= 4 is 20.9 Å². The van der Waals surface area contributed by atoms with E-state index in [0.29, 0.717) is 23.8 Å². The Balaban J connectivity index is 1.56. The Labute approximate surface area is 160 Å². The summed E-state index contributed by atoms with van der Waals surface area (Å²) in [7, 11) is -4.04. The lowest BCUT2D eigenvalue weighted by Crippen LogP contribution is -2.26. The molecule has 0 unspecified atom stereocenters. The van der Waals surface area contributed by atoms with Crippen LogP contribution in [0.2, 0.25) is 0 Å². The van der Waals surface area contributed by atoms with Gasteiger partial charge in [0.05, 0.1) is 17.1 Å². The molecule has 0 fully saturated rings. The third kappa shape index (κ3) is 4.79. The summed E-state index contributed by atoms with van der Waals surface area (Å²) in [5.41, 5.74) is -0.309. The molecule has 0 aliphatic rings. The van der Waals surface area contributed by atoms with Crippen LogP contribution in [0.3, 0.4) is 0 Å². The molecule has 0 aliphatic heterocycles. The number of benzene rings is 2. The average Bonchev–Trinajstić information content (AvgIpc) is 2.67. The van der Waals surface area contributed by atoms with Gasteiger partial charge in [-0.3, -0.25) is 4.98 Å². The second kappa shape index (κ2) is 8.15. The molecule has 1 heterocycles. The van der Waals surface area contributed by atoms with E-state index in [0.717, 1.165) is 23.6 Å². The summed E-state index contributed by atoms with van der Waals surface area (Å²) in [5, 5.41) is 0.922. The van der Waals surface area contributed by atoms with Crippen molar-refractivity contribution in [2.24, 2.45) is 0 Å². The van der Waals surface area contributed by atoms with Gasteiger partial charge in [-0.15, -0.1) is 0 Å². The van der Waals surface area contributed by atoms with E-state index >= 15 is 0 Å². The molecular weight excluding hydrogens is 393 g/mol. The molecule has 3 rings (SSSR count). The lowest BCUT2D eigenvalue weighted by Gasteiger charge is -2.11. The van der Waals surface area contributed by atoms with Crippen molar-refractivity contribution in [2.75, 3.05) is 13.2 Å². The van der Waals surface area contributed by atoms with Gasteiger partial charge >= 0.3 is 6.18 Å². The number of halogens is 3. The summed E-state index contributed by atoms with van der Waals surface area (Å²) in [5.74, 6) is 0.582. The topological polar surface area (TPSA) is 68.3 Å². The number of alkyl halides is 3. The number of nitrogens with zero attached hydrogens (tertiary/aromatic N) is 1. The minimum Gasteiger partial charge on any atom is -0.491 e. The van der Waals surface area contributed by atoms with E-state index in [1.165, 1.54) is 0 Å². The minimum absolute atomic E-state index is 0.0246. The second-order valence-electron chi connectivity index (χ2n) is 5.96. The Hall–Kier alpha value is -2.65. The molecule has 0 atom stereocenters. The quantitative estimate of drug-likeness (QED) is 0.598. The van der Waals surface area contributed by atoms with Crippen LogP contribution in [0, 0.1) is 0 Å². The molecule has 0 bridgehead atoms. The third-order valence-corrected chi connectivity index (χ3v) is 5.40. The number of para-hydroxylation sites is 1. The van der Waals surface area contributed by atoms with Gasteiger partial charge in [0.1, 0.15) is 11.3 Å². The van der Waals surface area contributed by atoms with Gasteiger partial charge < -0.3 is 4.74 Å². The van der Waals surface area contributed by atoms with Gasteiger partial charge in [-0.25, -0.2) is 13.1 Å². The highest BCUT2D eigenvalue weighted by molar-refractivity contribution is 7.89. The van der Waals surface area contributed by atoms with Gasteiger partial charge in [0.25, 0.3) is 0 Å². The van der Waals surface area contributed by atoms with Crippen molar-refractivity contribution in [3.05, 3.63) is 66.4 Å². The third-order valence-electron chi connectivity index (χ3n) is 3.94. The van der Waals surface area contributed by atoms with Gasteiger partial charge in [-0.1, -0.05) is 24.3 Å². The normalized spacial score (nSPS) is 12.2. The minimum atomic E-state index is -4.61. The predicted molar refractivity (Wildman–Crippen MR) is 98.5 cm³/mol. The number of rotatable bonds is 7. The Morgan fingerprint density at radius 2 is 1.79 bits per heavy atom. The first-order valence-electron chi connectivity index (χ1n) is 8.41.